The Labute approximate surface area is 133 Å². The number of amides is 2. The van der Waals surface area contributed by atoms with Crippen LogP contribution in [0.5, 0.6) is 0 Å². The molecule has 1 aliphatic rings. The second-order valence-electron chi connectivity index (χ2n) is 6.22. The molecule has 22 heavy (non-hydrogen) atoms. The number of nitrogens with one attached hydrogen (secondary N) is 2. The molecule has 1 aromatic rings. The maximum atomic E-state index is 12.1. The highest BCUT2D eigenvalue weighted by atomic mass is 16.5. The van der Waals surface area contributed by atoms with E-state index in [1.54, 1.807) is 7.11 Å². The Morgan fingerprint density at radius 2 is 2.14 bits per heavy atom. The van der Waals surface area contributed by atoms with E-state index in [2.05, 4.69) is 29.4 Å². The first-order valence-corrected chi connectivity index (χ1v) is 7.92. The molecule has 0 unspecified atom stereocenters. The fourth-order valence-electron chi connectivity index (χ4n) is 2.74. The first-order valence-electron chi connectivity index (χ1n) is 7.92. The van der Waals surface area contributed by atoms with Crippen molar-refractivity contribution in [1.82, 2.24) is 5.32 Å². The van der Waals surface area contributed by atoms with Gasteiger partial charge >= 0.3 is 6.03 Å². The van der Waals surface area contributed by atoms with Crippen LogP contribution in [0, 0.1) is 0 Å². The van der Waals surface area contributed by atoms with E-state index in [0.717, 1.165) is 30.6 Å². The van der Waals surface area contributed by atoms with Gasteiger partial charge in [-0.25, -0.2) is 4.79 Å². The maximum Gasteiger partial charge on any atom is 0.319 e. The molecule has 5 nitrogen and oxygen atoms in total. The van der Waals surface area contributed by atoms with Crippen LogP contribution in [0.3, 0.4) is 0 Å². The van der Waals surface area contributed by atoms with E-state index in [0.29, 0.717) is 6.04 Å². The van der Waals surface area contributed by atoms with Crippen molar-refractivity contribution < 1.29 is 9.53 Å². The van der Waals surface area contributed by atoms with Crippen LogP contribution in [0.15, 0.2) is 24.3 Å². The number of carbonyl (C=O) groups excluding carboxylic acids is 1. The predicted molar refractivity (Wildman–Crippen MR) is 90.6 cm³/mol. The SMILES string of the molecule is CO[C@@H]1CC[C@@H](NC(=O)Nc2cccc(N(C)C(C)C)c2)C1. The Balaban J connectivity index is 1.90. The number of carbonyl (C=O) groups is 1. The highest BCUT2D eigenvalue weighted by Crippen LogP contribution is 2.22. The summed E-state index contributed by atoms with van der Waals surface area (Å²) in [7, 11) is 3.77. The summed E-state index contributed by atoms with van der Waals surface area (Å²) in [6, 6.07) is 8.37. The minimum absolute atomic E-state index is 0.147. The van der Waals surface area contributed by atoms with E-state index < -0.39 is 0 Å². The quantitative estimate of drug-likeness (QED) is 0.878. The van der Waals surface area contributed by atoms with Crippen molar-refractivity contribution in [1.29, 1.82) is 0 Å². The van der Waals surface area contributed by atoms with Gasteiger partial charge in [-0.05, 0) is 51.3 Å². The minimum Gasteiger partial charge on any atom is -0.381 e. The van der Waals surface area contributed by atoms with Gasteiger partial charge in [0.2, 0.25) is 0 Å². The van der Waals surface area contributed by atoms with Crippen molar-refractivity contribution in [3.63, 3.8) is 0 Å². The van der Waals surface area contributed by atoms with Crippen LogP contribution in [0.2, 0.25) is 0 Å². The first kappa shape index (κ1) is 16.6. The van der Waals surface area contributed by atoms with Gasteiger partial charge in [-0.2, -0.15) is 0 Å². The van der Waals surface area contributed by atoms with Gasteiger partial charge < -0.3 is 20.3 Å². The number of rotatable bonds is 5. The Kier molecular flexibility index (Phi) is 5.66. The molecule has 1 aliphatic carbocycles. The van der Waals surface area contributed by atoms with Crippen molar-refractivity contribution in [3.8, 4) is 0 Å². The van der Waals surface area contributed by atoms with Crippen LogP contribution < -0.4 is 15.5 Å². The lowest BCUT2D eigenvalue weighted by Gasteiger charge is -2.24. The molecular weight excluding hydrogens is 278 g/mol. The normalized spacial score (nSPS) is 21.0. The van der Waals surface area contributed by atoms with Crippen LogP contribution >= 0.6 is 0 Å². The molecular formula is C17H27N3O2. The van der Waals surface area contributed by atoms with Crippen LogP contribution in [-0.2, 0) is 4.74 Å². The molecule has 0 aliphatic heterocycles. The van der Waals surface area contributed by atoms with E-state index >= 15 is 0 Å². The van der Waals surface area contributed by atoms with E-state index in [9.17, 15) is 4.79 Å². The van der Waals surface area contributed by atoms with Crippen molar-refractivity contribution >= 4 is 17.4 Å². The molecule has 0 spiro atoms. The monoisotopic (exact) mass is 305 g/mol. The lowest BCUT2D eigenvalue weighted by molar-refractivity contribution is 0.107. The highest BCUT2D eigenvalue weighted by molar-refractivity contribution is 5.90. The lowest BCUT2D eigenvalue weighted by Crippen LogP contribution is -2.36. The Morgan fingerprint density at radius 1 is 1.36 bits per heavy atom. The third kappa shape index (κ3) is 4.37. The third-order valence-electron chi connectivity index (χ3n) is 4.34. The number of hydrogen-bond donors (Lipinski definition) is 2. The zero-order valence-electron chi connectivity index (χ0n) is 13.9. The van der Waals surface area contributed by atoms with E-state index in [-0.39, 0.29) is 18.2 Å². The van der Waals surface area contributed by atoms with E-state index in [1.807, 2.05) is 31.3 Å². The van der Waals surface area contributed by atoms with Gasteiger partial charge in [0, 0.05) is 37.6 Å². The van der Waals surface area contributed by atoms with Crippen LogP contribution in [-0.4, -0.2) is 38.4 Å². The van der Waals surface area contributed by atoms with Gasteiger partial charge in [0.05, 0.1) is 6.10 Å². The zero-order chi connectivity index (χ0) is 16.1. The molecule has 1 fully saturated rings. The molecule has 0 heterocycles. The van der Waals surface area contributed by atoms with Crippen LogP contribution in [0.4, 0.5) is 16.2 Å². The van der Waals surface area contributed by atoms with Gasteiger partial charge in [0.25, 0.3) is 0 Å². The van der Waals surface area contributed by atoms with Gasteiger partial charge in [0.15, 0.2) is 0 Å². The summed E-state index contributed by atoms with van der Waals surface area (Å²) in [6.07, 6.45) is 3.14. The molecule has 0 saturated heterocycles. The van der Waals surface area contributed by atoms with Crippen molar-refractivity contribution in [2.75, 3.05) is 24.4 Å². The molecule has 122 valence electrons. The molecule has 2 rings (SSSR count). The molecule has 0 bridgehead atoms. The van der Waals surface area contributed by atoms with Crippen molar-refractivity contribution in [2.45, 2.75) is 51.3 Å². The summed E-state index contributed by atoms with van der Waals surface area (Å²) < 4.78 is 5.33. The van der Waals surface area contributed by atoms with Gasteiger partial charge in [-0.3, -0.25) is 0 Å². The largest absolute Gasteiger partial charge is 0.381 e. The van der Waals surface area contributed by atoms with Crippen molar-refractivity contribution in [3.05, 3.63) is 24.3 Å². The van der Waals surface area contributed by atoms with E-state index in [1.165, 1.54) is 0 Å². The van der Waals surface area contributed by atoms with Gasteiger partial charge in [-0.15, -0.1) is 0 Å². The number of anilines is 2. The molecule has 0 radical (unpaired) electrons. The highest BCUT2D eigenvalue weighted by Gasteiger charge is 2.25. The topological polar surface area (TPSA) is 53.6 Å². The summed E-state index contributed by atoms with van der Waals surface area (Å²) in [5.74, 6) is 0. The lowest BCUT2D eigenvalue weighted by atomic mass is 10.2. The second-order valence-corrected chi connectivity index (χ2v) is 6.22. The number of nitrogens with zero attached hydrogens (tertiary/aromatic N) is 1. The Morgan fingerprint density at radius 3 is 2.77 bits per heavy atom. The molecule has 2 N–H and O–H groups in total. The number of ether oxygens (including phenoxy) is 1. The minimum atomic E-state index is -0.147. The standard InChI is InChI=1S/C17H27N3O2/c1-12(2)20(3)15-7-5-6-13(10-15)18-17(21)19-14-8-9-16(11-14)22-4/h5-7,10,12,14,16H,8-9,11H2,1-4H3,(H2,18,19,21)/t14-,16-/m1/s1. The average Bonchev–Trinajstić information content (AvgIpc) is 2.94. The number of benzene rings is 1. The summed E-state index contributed by atoms with van der Waals surface area (Å²) in [5, 5.41) is 5.94. The number of hydrogen-bond acceptors (Lipinski definition) is 3. The zero-order valence-corrected chi connectivity index (χ0v) is 13.9. The summed E-state index contributed by atoms with van der Waals surface area (Å²) in [6.45, 7) is 4.28. The van der Waals surface area contributed by atoms with Crippen molar-refractivity contribution in [2.24, 2.45) is 0 Å². The maximum absolute atomic E-state index is 12.1. The second kappa shape index (κ2) is 7.49. The van der Waals surface area contributed by atoms with Crippen LogP contribution in [0.1, 0.15) is 33.1 Å². The number of urea groups is 1. The fourth-order valence-corrected chi connectivity index (χ4v) is 2.74. The number of methoxy groups -OCH3 is 1. The smallest absolute Gasteiger partial charge is 0.319 e. The summed E-state index contributed by atoms with van der Waals surface area (Å²) in [4.78, 5) is 14.3. The third-order valence-corrected chi connectivity index (χ3v) is 4.34. The molecule has 2 atom stereocenters. The molecule has 1 saturated carbocycles. The Hall–Kier alpha value is -1.75. The predicted octanol–water partition coefficient (Wildman–Crippen LogP) is 3.22. The first-order chi connectivity index (χ1) is 10.5. The summed E-state index contributed by atoms with van der Waals surface area (Å²) >= 11 is 0. The fraction of sp³-hybridized carbons (Fsp3) is 0.588. The summed E-state index contributed by atoms with van der Waals surface area (Å²) in [5.41, 5.74) is 1.90. The molecule has 0 aromatic heterocycles. The molecule has 1 aromatic carbocycles. The molecule has 2 amide bonds. The Bertz CT molecular complexity index is 504. The molecule has 5 heteroatoms. The van der Waals surface area contributed by atoms with Crippen LogP contribution in [0.25, 0.3) is 0 Å². The average molecular weight is 305 g/mol. The van der Waals surface area contributed by atoms with E-state index in [4.69, 9.17) is 4.74 Å². The van der Waals surface area contributed by atoms with Gasteiger partial charge in [-0.1, -0.05) is 6.07 Å². The van der Waals surface area contributed by atoms with Gasteiger partial charge in [0.1, 0.15) is 0 Å².